The van der Waals surface area contributed by atoms with Gasteiger partial charge < -0.3 is 21.1 Å². The standard InChI is InChI=1S/C12H18N2O5/c1-2-3-4-9(15)11(13)7-5-8(14(18)19)12(17)10(16)6-7/h5-6,9,11,15-17H,2-4,13H2,1H3/t9-,11+/m0/s1. The van der Waals surface area contributed by atoms with Crippen molar-refractivity contribution >= 4 is 5.69 Å². The van der Waals surface area contributed by atoms with Gasteiger partial charge in [0.15, 0.2) is 5.75 Å². The van der Waals surface area contributed by atoms with E-state index in [1.54, 1.807) is 0 Å². The molecule has 0 radical (unpaired) electrons. The Kier molecular flexibility index (Phi) is 5.08. The van der Waals surface area contributed by atoms with Gasteiger partial charge in [-0.2, -0.15) is 0 Å². The van der Waals surface area contributed by atoms with E-state index in [-0.39, 0.29) is 5.56 Å². The molecule has 0 aliphatic rings. The molecule has 0 spiro atoms. The lowest BCUT2D eigenvalue weighted by atomic mass is 9.97. The number of hydrogen-bond donors (Lipinski definition) is 4. The Labute approximate surface area is 110 Å². The fourth-order valence-corrected chi connectivity index (χ4v) is 1.77. The third-order valence-electron chi connectivity index (χ3n) is 2.94. The van der Waals surface area contributed by atoms with Crippen molar-refractivity contribution in [2.75, 3.05) is 0 Å². The van der Waals surface area contributed by atoms with Crippen LogP contribution in [0.1, 0.15) is 37.8 Å². The minimum atomic E-state index is -0.858. The molecule has 2 atom stereocenters. The Morgan fingerprint density at radius 3 is 2.58 bits per heavy atom. The molecule has 0 amide bonds. The molecule has 0 aliphatic carbocycles. The third kappa shape index (κ3) is 3.55. The number of nitrogens with two attached hydrogens (primary N) is 1. The molecule has 0 saturated heterocycles. The van der Waals surface area contributed by atoms with Crippen molar-refractivity contribution in [3.05, 3.63) is 27.8 Å². The molecule has 0 aliphatic heterocycles. The molecule has 7 nitrogen and oxygen atoms in total. The topological polar surface area (TPSA) is 130 Å². The second-order valence-electron chi connectivity index (χ2n) is 4.40. The quantitative estimate of drug-likeness (QED) is 0.352. The summed E-state index contributed by atoms with van der Waals surface area (Å²) < 4.78 is 0. The molecular weight excluding hydrogens is 252 g/mol. The van der Waals surface area contributed by atoms with Crippen molar-refractivity contribution in [2.24, 2.45) is 5.73 Å². The summed E-state index contributed by atoms with van der Waals surface area (Å²) in [6, 6.07) is 1.34. The van der Waals surface area contributed by atoms with E-state index < -0.39 is 34.3 Å². The van der Waals surface area contributed by atoms with E-state index in [4.69, 9.17) is 5.73 Å². The number of phenolic OH excluding ortho intramolecular Hbond substituents is 2. The molecule has 0 saturated carbocycles. The molecule has 0 aromatic heterocycles. The number of phenols is 2. The predicted octanol–water partition coefficient (Wildman–Crippen LogP) is 1.56. The van der Waals surface area contributed by atoms with Crippen LogP contribution in [-0.4, -0.2) is 26.3 Å². The number of unbranched alkanes of at least 4 members (excludes halogenated alkanes) is 1. The minimum Gasteiger partial charge on any atom is -0.504 e. The molecule has 0 unspecified atom stereocenters. The molecule has 0 fully saturated rings. The Hall–Kier alpha value is -1.86. The van der Waals surface area contributed by atoms with Gasteiger partial charge in [0, 0.05) is 6.07 Å². The number of aromatic hydroxyl groups is 2. The van der Waals surface area contributed by atoms with E-state index in [0.29, 0.717) is 6.42 Å². The van der Waals surface area contributed by atoms with Gasteiger partial charge in [0.1, 0.15) is 0 Å². The van der Waals surface area contributed by atoms with Crippen molar-refractivity contribution in [1.82, 2.24) is 0 Å². The number of nitro benzene ring substituents is 1. The Morgan fingerprint density at radius 2 is 2.05 bits per heavy atom. The summed E-state index contributed by atoms with van der Waals surface area (Å²) in [6.07, 6.45) is 1.28. The van der Waals surface area contributed by atoms with Crippen LogP contribution in [-0.2, 0) is 0 Å². The largest absolute Gasteiger partial charge is 0.504 e. The maximum absolute atomic E-state index is 10.7. The zero-order valence-corrected chi connectivity index (χ0v) is 10.6. The second-order valence-corrected chi connectivity index (χ2v) is 4.40. The summed E-state index contributed by atoms with van der Waals surface area (Å²) in [5.74, 6) is -1.42. The fraction of sp³-hybridized carbons (Fsp3) is 0.500. The van der Waals surface area contributed by atoms with Crippen LogP contribution in [0.25, 0.3) is 0 Å². The van der Waals surface area contributed by atoms with Crippen LogP contribution < -0.4 is 5.73 Å². The number of aliphatic hydroxyl groups is 1. The maximum Gasteiger partial charge on any atom is 0.314 e. The van der Waals surface area contributed by atoms with Gasteiger partial charge in [-0.15, -0.1) is 0 Å². The molecule has 106 valence electrons. The monoisotopic (exact) mass is 270 g/mol. The number of nitrogens with zero attached hydrogens (tertiary/aromatic N) is 1. The highest BCUT2D eigenvalue weighted by atomic mass is 16.6. The van der Waals surface area contributed by atoms with E-state index in [9.17, 15) is 25.4 Å². The average molecular weight is 270 g/mol. The van der Waals surface area contributed by atoms with E-state index >= 15 is 0 Å². The third-order valence-corrected chi connectivity index (χ3v) is 2.94. The fourth-order valence-electron chi connectivity index (χ4n) is 1.77. The zero-order valence-electron chi connectivity index (χ0n) is 10.6. The highest BCUT2D eigenvalue weighted by Gasteiger charge is 2.24. The van der Waals surface area contributed by atoms with E-state index in [0.717, 1.165) is 25.0 Å². The zero-order chi connectivity index (χ0) is 14.6. The number of benzene rings is 1. The molecule has 5 N–H and O–H groups in total. The van der Waals surface area contributed by atoms with Crippen LogP contribution in [0.5, 0.6) is 11.5 Å². The van der Waals surface area contributed by atoms with Crippen LogP contribution in [0, 0.1) is 10.1 Å². The highest BCUT2D eigenvalue weighted by molar-refractivity contribution is 5.57. The summed E-state index contributed by atoms with van der Waals surface area (Å²) >= 11 is 0. The molecule has 0 heterocycles. The summed E-state index contributed by atoms with van der Waals surface area (Å²) in [6.45, 7) is 1.97. The first-order chi connectivity index (χ1) is 8.88. The van der Waals surface area contributed by atoms with Crippen molar-refractivity contribution in [1.29, 1.82) is 0 Å². The maximum atomic E-state index is 10.7. The molecule has 1 rings (SSSR count). The van der Waals surface area contributed by atoms with Crippen molar-refractivity contribution in [3.63, 3.8) is 0 Å². The van der Waals surface area contributed by atoms with Crippen LogP contribution in [0.4, 0.5) is 5.69 Å². The minimum absolute atomic E-state index is 0.214. The predicted molar refractivity (Wildman–Crippen MR) is 68.9 cm³/mol. The van der Waals surface area contributed by atoms with Crippen LogP contribution in [0.15, 0.2) is 12.1 Å². The van der Waals surface area contributed by atoms with Crippen LogP contribution in [0.3, 0.4) is 0 Å². The van der Waals surface area contributed by atoms with Crippen molar-refractivity contribution in [3.8, 4) is 11.5 Å². The summed E-state index contributed by atoms with van der Waals surface area (Å²) in [5, 5.41) is 39.4. The van der Waals surface area contributed by atoms with E-state index in [2.05, 4.69) is 0 Å². The summed E-state index contributed by atoms with van der Waals surface area (Å²) in [5.41, 5.74) is 5.38. The van der Waals surface area contributed by atoms with Crippen LogP contribution in [0.2, 0.25) is 0 Å². The first-order valence-electron chi connectivity index (χ1n) is 6.02. The summed E-state index contributed by atoms with van der Waals surface area (Å²) in [4.78, 5) is 9.91. The van der Waals surface area contributed by atoms with Gasteiger partial charge >= 0.3 is 5.69 Å². The van der Waals surface area contributed by atoms with Crippen molar-refractivity contribution < 1.29 is 20.2 Å². The van der Waals surface area contributed by atoms with E-state index in [1.165, 1.54) is 0 Å². The van der Waals surface area contributed by atoms with Gasteiger partial charge in [0.2, 0.25) is 5.75 Å². The number of rotatable bonds is 6. The average Bonchev–Trinajstić information content (AvgIpc) is 2.37. The van der Waals surface area contributed by atoms with Gasteiger partial charge in [-0.25, -0.2) is 0 Å². The van der Waals surface area contributed by atoms with Gasteiger partial charge in [-0.05, 0) is 18.1 Å². The lowest BCUT2D eigenvalue weighted by molar-refractivity contribution is -0.386. The highest BCUT2D eigenvalue weighted by Crippen LogP contribution is 2.38. The Balaban J connectivity index is 3.03. The Bertz CT molecular complexity index is 464. The first kappa shape index (κ1) is 15.2. The smallest absolute Gasteiger partial charge is 0.314 e. The lowest BCUT2D eigenvalue weighted by Gasteiger charge is -2.19. The van der Waals surface area contributed by atoms with Gasteiger partial charge in [0.25, 0.3) is 0 Å². The van der Waals surface area contributed by atoms with Crippen LogP contribution >= 0.6 is 0 Å². The van der Waals surface area contributed by atoms with Gasteiger partial charge in [0.05, 0.1) is 17.1 Å². The number of aliphatic hydroxyl groups excluding tert-OH is 1. The molecular formula is C12H18N2O5. The first-order valence-corrected chi connectivity index (χ1v) is 6.02. The van der Waals surface area contributed by atoms with Gasteiger partial charge in [-0.3, -0.25) is 10.1 Å². The molecule has 7 heteroatoms. The molecule has 0 bridgehead atoms. The second kappa shape index (κ2) is 6.35. The van der Waals surface area contributed by atoms with Gasteiger partial charge in [-0.1, -0.05) is 19.8 Å². The lowest BCUT2D eigenvalue weighted by Crippen LogP contribution is -2.26. The van der Waals surface area contributed by atoms with Crippen molar-refractivity contribution in [2.45, 2.75) is 38.3 Å². The number of hydrogen-bond acceptors (Lipinski definition) is 6. The normalized spacial score (nSPS) is 14.1. The molecule has 1 aromatic carbocycles. The molecule has 19 heavy (non-hydrogen) atoms. The van der Waals surface area contributed by atoms with E-state index in [1.807, 2.05) is 6.92 Å². The Morgan fingerprint density at radius 1 is 1.42 bits per heavy atom. The molecule has 1 aromatic rings. The SMILES string of the molecule is CCCC[C@H](O)[C@H](N)c1cc(O)c(O)c([N+](=O)[O-])c1. The number of nitro groups is 1. The summed E-state index contributed by atoms with van der Waals surface area (Å²) in [7, 11) is 0.